The first-order valence-corrected chi connectivity index (χ1v) is 8.47. The molecular weight excluding hydrogens is 328 g/mol. The Morgan fingerprint density at radius 1 is 1.24 bits per heavy atom. The van der Waals surface area contributed by atoms with Crippen LogP contribution in [0.4, 0.5) is 5.69 Å². The van der Waals surface area contributed by atoms with E-state index in [1.165, 1.54) is 23.1 Å². The van der Waals surface area contributed by atoms with Crippen LogP contribution in [-0.2, 0) is 10.5 Å². The van der Waals surface area contributed by atoms with Crippen LogP contribution in [0.15, 0.2) is 35.7 Å². The topological polar surface area (TPSA) is 72.2 Å². The number of thiophene rings is 1. The molecule has 2 aromatic rings. The highest BCUT2D eigenvalue weighted by Crippen LogP contribution is 2.22. The zero-order valence-corrected chi connectivity index (χ0v) is 13.4. The molecule has 2 rings (SSSR count). The van der Waals surface area contributed by atoms with Crippen LogP contribution in [0.1, 0.15) is 15.2 Å². The Bertz CT molecular complexity index is 641. The number of rotatable bonds is 6. The van der Waals surface area contributed by atoms with Crippen molar-refractivity contribution >= 4 is 52.2 Å². The normalized spacial score (nSPS) is 10.3. The molecule has 1 heterocycles. The number of hydrogen-bond acceptors (Lipinski definition) is 4. The fraction of sp³-hybridized carbons (Fsp3) is 0.143. The third-order valence-electron chi connectivity index (χ3n) is 2.58. The summed E-state index contributed by atoms with van der Waals surface area (Å²) in [5.41, 5.74) is 6.81. The van der Waals surface area contributed by atoms with Crippen molar-refractivity contribution in [3.8, 4) is 0 Å². The maximum atomic E-state index is 11.8. The summed E-state index contributed by atoms with van der Waals surface area (Å²) in [4.78, 5) is 23.4. The highest BCUT2D eigenvalue weighted by molar-refractivity contribution is 7.99. The van der Waals surface area contributed by atoms with Gasteiger partial charge in [0.2, 0.25) is 5.91 Å². The van der Waals surface area contributed by atoms with Crippen molar-refractivity contribution in [2.45, 2.75) is 5.75 Å². The average Bonchev–Trinajstić information content (AvgIpc) is 2.89. The number of thioether (sulfide) groups is 1. The summed E-state index contributed by atoms with van der Waals surface area (Å²) in [6.07, 6.45) is 0. The number of carbonyl (C=O) groups is 2. The number of nitrogens with one attached hydrogen (secondary N) is 1. The lowest BCUT2D eigenvalue weighted by Gasteiger charge is -2.05. The van der Waals surface area contributed by atoms with E-state index in [-0.39, 0.29) is 5.91 Å². The van der Waals surface area contributed by atoms with E-state index in [1.54, 1.807) is 11.4 Å². The van der Waals surface area contributed by atoms with Gasteiger partial charge in [0.15, 0.2) is 0 Å². The lowest BCUT2D eigenvalue weighted by molar-refractivity contribution is -0.113. The monoisotopic (exact) mass is 340 g/mol. The summed E-state index contributed by atoms with van der Waals surface area (Å²) in [6.45, 7) is 0. The Labute approximate surface area is 135 Å². The van der Waals surface area contributed by atoms with E-state index in [0.717, 1.165) is 11.3 Å². The van der Waals surface area contributed by atoms with Gasteiger partial charge in [-0.05, 0) is 29.1 Å². The Morgan fingerprint density at radius 3 is 2.62 bits per heavy atom. The van der Waals surface area contributed by atoms with Gasteiger partial charge in [-0.3, -0.25) is 9.59 Å². The van der Waals surface area contributed by atoms with Gasteiger partial charge in [-0.25, -0.2) is 0 Å². The Hall–Kier alpha value is -1.50. The van der Waals surface area contributed by atoms with Crippen LogP contribution in [0.5, 0.6) is 0 Å². The average molecular weight is 341 g/mol. The van der Waals surface area contributed by atoms with E-state index >= 15 is 0 Å². The molecule has 0 radical (unpaired) electrons. The standard InChI is InChI=1S/C14H13ClN2O2S2/c15-10-3-1-9(2-4-10)7-20-8-12(18)17-11-5-6-21-13(11)14(16)19/h1-6H,7-8H2,(H2,16,19)(H,17,18). The van der Waals surface area contributed by atoms with Crippen LogP contribution in [0.2, 0.25) is 5.02 Å². The predicted octanol–water partition coefficient (Wildman–Crippen LogP) is 3.37. The largest absolute Gasteiger partial charge is 0.365 e. The number of primary amides is 1. The molecule has 21 heavy (non-hydrogen) atoms. The maximum absolute atomic E-state index is 11.8. The van der Waals surface area contributed by atoms with E-state index in [0.29, 0.717) is 21.3 Å². The molecule has 4 nitrogen and oxygen atoms in total. The minimum Gasteiger partial charge on any atom is -0.365 e. The predicted molar refractivity (Wildman–Crippen MR) is 89.1 cm³/mol. The Kier molecular flexibility index (Phi) is 5.67. The molecule has 7 heteroatoms. The van der Waals surface area contributed by atoms with Crippen LogP contribution in [0, 0.1) is 0 Å². The Morgan fingerprint density at radius 2 is 1.95 bits per heavy atom. The van der Waals surface area contributed by atoms with Crippen molar-refractivity contribution in [2.75, 3.05) is 11.1 Å². The minimum atomic E-state index is -0.533. The van der Waals surface area contributed by atoms with Gasteiger partial charge >= 0.3 is 0 Å². The molecule has 0 spiro atoms. The molecule has 0 aliphatic rings. The molecule has 110 valence electrons. The highest BCUT2D eigenvalue weighted by Gasteiger charge is 2.12. The molecule has 0 atom stereocenters. The first-order valence-electron chi connectivity index (χ1n) is 6.05. The fourth-order valence-corrected chi connectivity index (χ4v) is 3.24. The Balaban J connectivity index is 1.81. The fourth-order valence-electron chi connectivity index (χ4n) is 1.63. The summed E-state index contributed by atoms with van der Waals surface area (Å²) < 4.78 is 0. The number of amides is 2. The molecule has 0 aliphatic carbocycles. The van der Waals surface area contributed by atoms with Crippen molar-refractivity contribution in [3.63, 3.8) is 0 Å². The van der Waals surface area contributed by atoms with Crippen molar-refractivity contribution in [1.29, 1.82) is 0 Å². The van der Waals surface area contributed by atoms with Gasteiger partial charge in [-0.2, -0.15) is 0 Å². The third kappa shape index (κ3) is 4.77. The highest BCUT2D eigenvalue weighted by atomic mass is 35.5. The minimum absolute atomic E-state index is 0.158. The summed E-state index contributed by atoms with van der Waals surface area (Å²) in [5, 5.41) is 5.11. The van der Waals surface area contributed by atoms with Crippen LogP contribution in [-0.4, -0.2) is 17.6 Å². The van der Waals surface area contributed by atoms with E-state index in [9.17, 15) is 9.59 Å². The molecule has 3 N–H and O–H groups in total. The second-order valence-electron chi connectivity index (χ2n) is 4.20. The van der Waals surface area contributed by atoms with Gasteiger partial charge in [0, 0.05) is 10.8 Å². The number of nitrogens with two attached hydrogens (primary N) is 1. The molecule has 0 saturated heterocycles. The number of hydrogen-bond donors (Lipinski definition) is 2. The summed E-state index contributed by atoms with van der Waals surface area (Å²) in [7, 11) is 0. The molecule has 1 aromatic carbocycles. The number of carbonyl (C=O) groups excluding carboxylic acids is 2. The molecule has 0 saturated carbocycles. The quantitative estimate of drug-likeness (QED) is 0.846. The van der Waals surface area contributed by atoms with Crippen LogP contribution >= 0.6 is 34.7 Å². The molecule has 0 bridgehead atoms. The van der Waals surface area contributed by atoms with Crippen molar-refractivity contribution in [2.24, 2.45) is 5.73 Å². The zero-order chi connectivity index (χ0) is 15.2. The summed E-state index contributed by atoms with van der Waals surface area (Å²) in [6, 6.07) is 9.17. The second kappa shape index (κ2) is 7.49. The van der Waals surface area contributed by atoms with Crippen molar-refractivity contribution < 1.29 is 9.59 Å². The lowest BCUT2D eigenvalue weighted by atomic mass is 10.2. The molecule has 0 aliphatic heterocycles. The lowest BCUT2D eigenvalue weighted by Crippen LogP contribution is -2.17. The molecule has 0 unspecified atom stereocenters. The van der Waals surface area contributed by atoms with Gasteiger partial charge in [0.05, 0.1) is 11.4 Å². The smallest absolute Gasteiger partial charge is 0.260 e. The molecule has 0 fully saturated rings. The first-order chi connectivity index (χ1) is 10.1. The summed E-state index contributed by atoms with van der Waals surface area (Å²) >= 11 is 8.51. The van der Waals surface area contributed by atoms with Gasteiger partial charge < -0.3 is 11.1 Å². The SMILES string of the molecule is NC(=O)c1sccc1NC(=O)CSCc1ccc(Cl)cc1. The number of benzene rings is 1. The van der Waals surface area contributed by atoms with E-state index < -0.39 is 5.91 Å². The van der Waals surface area contributed by atoms with E-state index in [1.807, 2.05) is 24.3 Å². The van der Waals surface area contributed by atoms with Crippen molar-refractivity contribution in [3.05, 3.63) is 51.2 Å². The van der Waals surface area contributed by atoms with Crippen LogP contribution < -0.4 is 11.1 Å². The first kappa shape index (κ1) is 15.9. The van der Waals surface area contributed by atoms with Gasteiger partial charge in [-0.15, -0.1) is 23.1 Å². The molecular formula is C14H13ClN2O2S2. The van der Waals surface area contributed by atoms with Crippen molar-refractivity contribution in [1.82, 2.24) is 0 Å². The third-order valence-corrected chi connectivity index (χ3v) is 4.76. The van der Waals surface area contributed by atoms with Crippen LogP contribution in [0.3, 0.4) is 0 Å². The second-order valence-corrected chi connectivity index (χ2v) is 6.53. The number of anilines is 1. The van der Waals surface area contributed by atoms with Gasteiger partial charge in [0.1, 0.15) is 4.88 Å². The summed E-state index contributed by atoms with van der Waals surface area (Å²) in [5.74, 6) is 0.331. The molecule has 2 amide bonds. The van der Waals surface area contributed by atoms with E-state index in [2.05, 4.69) is 5.32 Å². The zero-order valence-electron chi connectivity index (χ0n) is 11.0. The van der Waals surface area contributed by atoms with E-state index in [4.69, 9.17) is 17.3 Å². The maximum Gasteiger partial charge on any atom is 0.260 e. The van der Waals surface area contributed by atoms with Gasteiger partial charge in [-0.1, -0.05) is 23.7 Å². The van der Waals surface area contributed by atoms with Gasteiger partial charge in [0.25, 0.3) is 5.91 Å². The van der Waals surface area contributed by atoms with Crippen LogP contribution in [0.25, 0.3) is 0 Å². The number of halogens is 1. The molecule has 1 aromatic heterocycles.